The van der Waals surface area contributed by atoms with Crippen LogP contribution in [0.2, 0.25) is 0 Å². The fourth-order valence-electron chi connectivity index (χ4n) is 9.06. The second-order valence-electron chi connectivity index (χ2n) is 15.8. The Labute approximate surface area is 305 Å². The summed E-state index contributed by atoms with van der Waals surface area (Å²) in [4.78, 5) is 4.09. The SMILES string of the molecule is C=C(/C=C/C1=C(SC2CCCCC2)C(=C/C=C2/N(CC)c3ccc4ccccc4c3C2(C)C)/CCC1)C(C)(C)c1c(C)ccc2ccccc12. The maximum Gasteiger partial charge on any atom is 0.0456 e. The van der Waals surface area contributed by atoms with Gasteiger partial charge in [0.05, 0.1) is 0 Å². The average molecular weight is 678 g/mol. The Balaban J connectivity index is 1.27. The number of fused-ring (bicyclic) bond motifs is 4. The third kappa shape index (κ3) is 6.34. The van der Waals surface area contributed by atoms with Gasteiger partial charge in [-0.1, -0.05) is 138 Å². The molecule has 0 atom stereocenters. The number of anilines is 1. The van der Waals surface area contributed by atoms with Crippen molar-refractivity contribution in [2.75, 3.05) is 11.4 Å². The van der Waals surface area contributed by atoms with Gasteiger partial charge in [-0.05, 0) is 113 Å². The normalized spacial score (nSPS) is 20.2. The van der Waals surface area contributed by atoms with Gasteiger partial charge in [0.1, 0.15) is 0 Å². The highest BCUT2D eigenvalue weighted by molar-refractivity contribution is 8.03. The van der Waals surface area contributed by atoms with Crippen LogP contribution in [0.1, 0.15) is 103 Å². The van der Waals surface area contributed by atoms with Crippen molar-refractivity contribution in [3.05, 3.63) is 148 Å². The summed E-state index contributed by atoms with van der Waals surface area (Å²) in [6.07, 6.45) is 20.0. The fourth-order valence-corrected chi connectivity index (χ4v) is 10.6. The number of nitrogens with zero attached hydrogens (tertiary/aromatic N) is 1. The van der Waals surface area contributed by atoms with Crippen LogP contribution in [0, 0.1) is 6.92 Å². The molecule has 1 fully saturated rings. The molecule has 4 aromatic rings. The standard InChI is InChI=1S/C48H55NS/c1-8-49-42-31-29-36-18-13-15-24-41(36)45(42)48(6,7)43(49)32-30-38-20-16-19-37(46(38)50-39-21-10-9-11-22-39)28-26-34(3)47(4,5)44-33(2)25-27-35-17-12-14-23-40(35)44/h12-15,17-18,23-32,39H,3,8-11,16,19-22H2,1-2,4-7H3/b28-26+,38-30+,43-32+. The number of allylic oxidation sites excluding steroid dienone is 8. The van der Waals surface area contributed by atoms with Crippen molar-refractivity contribution in [1.29, 1.82) is 0 Å². The van der Waals surface area contributed by atoms with Gasteiger partial charge in [0.25, 0.3) is 0 Å². The number of benzene rings is 4. The van der Waals surface area contributed by atoms with Gasteiger partial charge in [0, 0.05) is 38.9 Å². The largest absolute Gasteiger partial charge is 0.344 e. The van der Waals surface area contributed by atoms with Gasteiger partial charge >= 0.3 is 0 Å². The Kier molecular flexibility index (Phi) is 9.79. The van der Waals surface area contributed by atoms with Gasteiger partial charge in [0.15, 0.2) is 0 Å². The maximum absolute atomic E-state index is 4.71. The first-order chi connectivity index (χ1) is 24.1. The van der Waals surface area contributed by atoms with Crippen LogP contribution >= 0.6 is 11.8 Å². The lowest BCUT2D eigenvalue weighted by molar-refractivity contribution is 0.516. The number of rotatable bonds is 8. The summed E-state index contributed by atoms with van der Waals surface area (Å²) in [6, 6.07) is 26.9. The minimum absolute atomic E-state index is 0.0792. The van der Waals surface area contributed by atoms with E-state index in [-0.39, 0.29) is 10.8 Å². The molecule has 0 saturated heterocycles. The summed E-state index contributed by atoms with van der Waals surface area (Å²) in [5.41, 5.74) is 10.9. The molecule has 50 heavy (non-hydrogen) atoms. The number of hydrogen-bond acceptors (Lipinski definition) is 2. The van der Waals surface area contributed by atoms with Crippen molar-refractivity contribution < 1.29 is 0 Å². The Hall–Kier alpha value is -3.75. The van der Waals surface area contributed by atoms with Gasteiger partial charge in [-0.25, -0.2) is 0 Å². The van der Waals surface area contributed by atoms with Crippen LogP contribution in [0.15, 0.2) is 131 Å². The van der Waals surface area contributed by atoms with Crippen LogP contribution < -0.4 is 4.90 Å². The molecule has 258 valence electrons. The zero-order valence-corrected chi connectivity index (χ0v) is 32.1. The van der Waals surface area contributed by atoms with Crippen molar-refractivity contribution in [1.82, 2.24) is 0 Å². The van der Waals surface area contributed by atoms with Gasteiger partial charge in [-0.3, -0.25) is 0 Å². The Morgan fingerprint density at radius 1 is 0.860 bits per heavy atom. The quantitative estimate of drug-likeness (QED) is 0.171. The monoisotopic (exact) mass is 677 g/mol. The summed E-state index contributed by atoms with van der Waals surface area (Å²) < 4.78 is 0. The van der Waals surface area contributed by atoms with Crippen molar-refractivity contribution in [3.8, 4) is 0 Å². The summed E-state index contributed by atoms with van der Waals surface area (Å²) in [6.45, 7) is 19.8. The van der Waals surface area contributed by atoms with Crippen LogP contribution in [0.5, 0.6) is 0 Å². The summed E-state index contributed by atoms with van der Waals surface area (Å²) in [5, 5.41) is 6.05. The molecule has 1 aliphatic heterocycles. The summed E-state index contributed by atoms with van der Waals surface area (Å²) in [5.74, 6) is 0. The molecule has 4 aromatic carbocycles. The third-order valence-electron chi connectivity index (χ3n) is 11.9. The van der Waals surface area contributed by atoms with E-state index in [1.807, 2.05) is 0 Å². The molecule has 0 radical (unpaired) electrons. The highest BCUT2D eigenvalue weighted by Crippen LogP contribution is 2.51. The van der Waals surface area contributed by atoms with E-state index in [9.17, 15) is 0 Å². The van der Waals surface area contributed by atoms with Crippen molar-refractivity contribution in [3.63, 3.8) is 0 Å². The summed E-state index contributed by atoms with van der Waals surface area (Å²) >= 11 is 2.18. The van der Waals surface area contributed by atoms with E-state index in [0.717, 1.165) is 19.4 Å². The molecule has 1 nitrogen and oxygen atoms in total. The van der Waals surface area contributed by atoms with Crippen LogP contribution in [0.25, 0.3) is 21.5 Å². The van der Waals surface area contributed by atoms with Crippen LogP contribution in [-0.4, -0.2) is 11.8 Å². The Morgan fingerprint density at radius 2 is 1.54 bits per heavy atom. The van der Waals surface area contributed by atoms with Crippen LogP contribution in [0.4, 0.5) is 5.69 Å². The van der Waals surface area contributed by atoms with Gasteiger partial charge in [-0.15, -0.1) is 11.8 Å². The Bertz CT molecular complexity index is 2060. The first kappa shape index (κ1) is 34.7. The van der Waals surface area contributed by atoms with E-state index >= 15 is 0 Å². The van der Waals surface area contributed by atoms with Gasteiger partial charge < -0.3 is 4.90 Å². The molecule has 1 saturated carbocycles. The van der Waals surface area contributed by atoms with Crippen LogP contribution in [0.3, 0.4) is 0 Å². The number of thioether (sulfide) groups is 1. The predicted molar refractivity (Wildman–Crippen MR) is 221 cm³/mol. The molecular formula is C48H55NS. The van der Waals surface area contributed by atoms with E-state index in [4.69, 9.17) is 6.58 Å². The van der Waals surface area contributed by atoms with E-state index in [2.05, 4.69) is 155 Å². The smallest absolute Gasteiger partial charge is 0.0456 e. The highest BCUT2D eigenvalue weighted by Gasteiger charge is 2.40. The minimum Gasteiger partial charge on any atom is -0.344 e. The van der Waals surface area contributed by atoms with Crippen molar-refractivity contribution in [2.45, 2.75) is 109 Å². The van der Waals surface area contributed by atoms with Crippen molar-refractivity contribution >= 4 is 39.0 Å². The molecule has 3 aliphatic rings. The predicted octanol–water partition coefficient (Wildman–Crippen LogP) is 13.8. The molecule has 2 heteroatoms. The molecular weight excluding hydrogens is 623 g/mol. The molecule has 7 rings (SSSR count). The zero-order chi connectivity index (χ0) is 35.0. The zero-order valence-electron chi connectivity index (χ0n) is 31.2. The van der Waals surface area contributed by atoms with Crippen LogP contribution in [-0.2, 0) is 10.8 Å². The topological polar surface area (TPSA) is 3.24 Å². The minimum atomic E-state index is -0.187. The molecule has 0 spiro atoms. The average Bonchev–Trinajstić information content (AvgIpc) is 3.35. The lowest BCUT2D eigenvalue weighted by Crippen LogP contribution is -2.25. The molecule has 2 aliphatic carbocycles. The molecule has 0 unspecified atom stereocenters. The Morgan fingerprint density at radius 3 is 2.28 bits per heavy atom. The first-order valence-corrected chi connectivity index (χ1v) is 20.0. The molecule has 1 heterocycles. The fraction of sp³-hybridized carbons (Fsp3) is 0.375. The molecule has 0 N–H and O–H groups in total. The molecule has 0 aromatic heterocycles. The number of likely N-dealkylation sites (N-methyl/N-ethyl adjacent to an activating group) is 1. The molecule has 0 bridgehead atoms. The van der Waals surface area contributed by atoms with Gasteiger partial charge in [-0.2, -0.15) is 0 Å². The van der Waals surface area contributed by atoms with E-state index in [0.29, 0.717) is 5.25 Å². The second-order valence-corrected chi connectivity index (χ2v) is 17.2. The maximum atomic E-state index is 4.71. The van der Waals surface area contributed by atoms with Gasteiger partial charge in [0.2, 0.25) is 0 Å². The molecule has 0 amide bonds. The summed E-state index contributed by atoms with van der Waals surface area (Å²) in [7, 11) is 0. The van der Waals surface area contributed by atoms with E-state index < -0.39 is 0 Å². The lowest BCUT2D eigenvalue weighted by atomic mass is 9.74. The van der Waals surface area contributed by atoms with Crippen molar-refractivity contribution in [2.24, 2.45) is 0 Å². The number of hydrogen-bond donors (Lipinski definition) is 0. The van der Waals surface area contributed by atoms with E-state index in [1.165, 1.54) is 110 Å². The first-order valence-electron chi connectivity index (χ1n) is 19.1. The third-order valence-corrected chi connectivity index (χ3v) is 13.4. The number of aryl methyl sites for hydroxylation is 1. The highest BCUT2D eigenvalue weighted by atomic mass is 32.2. The second kappa shape index (κ2) is 14.1. The lowest BCUT2D eigenvalue weighted by Gasteiger charge is -2.30. The van der Waals surface area contributed by atoms with E-state index in [1.54, 1.807) is 0 Å².